The minimum absolute atomic E-state index is 0.191. The lowest BCUT2D eigenvalue weighted by atomic mass is 10.0. The van der Waals surface area contributed by atoms with Gasteiger partial charge in [0.05, 0.1) is 30.0 Å². The highest BCUT2D eigenvalue weighted by atomic mass is 35.5. The Morgan fingerprint density at radius 1 is 1.43 bits per heavy atom. The summed E-state index contributed by atoms with van der Waals surface area (Å²) in [6, 6.07) is 6.38. The fraction of sp³-hybridized carbons (Fsp3) is 0.625. The van der Waals surface area contributed by atoms with E-state index in [1.165, 1.54) is 6.42 Å². The van der Waals surface area contributed by atoms with Crippen molar-refractivity contribution in [2.24, 2.45) is 0 Å². The van der Waals surface area contributed by atoms with E-state index in [1.54, 1.807) is 7.11 Å². The summed E-state index contributed by atoms with van der Waals surface area (Å²) < 4.78 is 5.01. The van der Waals surface area contributed by atoms with E-state index in [0.717, 1.165) is 48.7 Å². The van der Waals surface area contributed by atoms with Crippen molar-refractivity contribution in [1.82, 2.24) is 5.32 Å². The molecule has 0 bridgehead atoms. The van der Waals surface area contributed by atoms with Gasteiger partial charge in [0, 0.05) is 26.7 Å². The van der Waals surface area contributed by atoms with Crippen molar-refractivity contribution in [3.05, 3.63) is 28.8 Å². The molecule has 1 saturated heterocycles. The molecule has 2 rings (SSSR count). The lowest BCUT2D eigenvalue weighted by molar-refractivity contribution is 0.199. The fourth-order valence-electron chi connectivity index (χ4n) is 2.81. The number of methoxy groups -OCH3 is 1. The maximum absolute atomic E-state index is 9.53. The lowest BCUT2D eigenvalue weighted by Crippen LogP contribution is -2.42. The van der Waals surface area contributed by atoms with Crippen molar-refractivity contribution in [2.45, 2.75) is 31.8 Å². The van der Waals surface area contributed by atoms with Crippen LogP contribution < -0.4 is 10.2 Å². The zero-order valence-electron chi connectivity index (χ0n) is 12.6. The highest BCUT2D eigenvalue weighted by Crippen LogP contribution is 2.31. The van der Waals surface area contributed by atoms with Crippen LogP contribution in [0.15, 0.2) is 18.2 Å². The molecule has 5 heteroatoms. The van der Waals surface area contributed by atoms with Gasteiger partial charge in [-0.25, -0.2) is 0 Å². The number of hydrogen-bond acceptors (Lipinski definition) is 4. The maximum atomic E-state index is 9.53. The third-order valence-electron chi connectivity index (χ3n) is 3.97. The van der Waals surface area contributed by atoms with Gasteiger partial charge in [0.15, 0.2) is 0 Å². The molecule has 1 aliphatic heterocycles. The van der Waals surface area contributed by atoms with E-state index in [9.17, 15) is 5.11 Å². The van der Waals surface area contributed by atoms with Gasteiger partial charge >= 0.3 is 0 Å². The summed E-state index contributed by atoms with van der Waals surface area (Å²) in [4.78, 5) is 2.24. The van der Waals surface area contributed by atoms with Gasteiger partial charge in [0.1, 0.15) is 0 Å². The Morgan fingerprint density at radius 3 is 3.00 bits per heavy atom. The van der Waals surface area contributed by atoms with Crippen molar-refractivity contribution < 1.29 is 9.84 Å². The molecule has 2 N–H and O–H groups in total. The Hall–Kier alpha value is -0.810. The summed E-state index contributed by atoms with van der Waals surface area (Å²) in [6.07, 6.45) is 3.38. The highest BCUT2D eigenvalue weighted by Gasteiger charge is 2.23. The van der Waals surface area contributed by atoms with E-state index in [1.807, 2.05) is 6.07 Å². The van der Waals surface area contributed by atoms with Gasteiger partial charge in [-0.05, 0) is 37.0 Å². The number of aliphatic hydroxyl groups excluding tert-OH is 1. The largest absolute Gasteiger partial charge is 0.394 e. The van der Waals surface area contributed by atoms with Crippen LogP contribution in [-0.4, -0.2) is 44.6 Å². The number of ether oxygens (including phenoxy) is 1. The van der Waals surface area contributed by atoms with Gasteiger partial charge in [0.2, 0.25) is 0 Å². The number of anilines is 1. The first-order valence-electron chi connectivity index (χ1n) is 7.62. The molecule has 0 amide bonds. The van der Waals surface area contributed by atoms with E-state index in [-0.39, 0.29) is 12.6 Å². The van der Waals surface area contributed by atoms with E-state index in [2.05, 4.69) is 22.3 Å². The second-order valence-electron chi connectivity index (χ2n) is 5.48. The monoisotopic (exact) mass is 312 g/mol. The first kappa shape index (κ1) is 16.6. The van der Waals surface area contributed by atoms with Crippen molar-refractivity contribution in [1.29, 1.82) is 0 Å². The third-order valence-corrected chi connectivity index (χ3v) is 4.27. The number of halogens is 1. The van der Waals surface area contributed by atoms with E-state index in [4.69, 9.17) is 16.3 Å². The molecule has 1 aliphatic rings. The van der Waals surface area contributed by atoms with Crippen LogP contribution in [0.5, 0.6) is 0 Å². The van der Waals surface area contributed by atoms with Gasteiger partial charge in [0.25, 0.3) is 0 Å². The Labute approximate surface area is 132 Å². The molecular formula is C16H25ClN2O2. The third kappa shape index (κ3) is 4.58. The second kappa shape index (κ2) is 8.59. The molecule has 0 aliphatic carbocycles. The molecule has 1 aromatic rings. The summed E-state index contributed by atoms with van der Waals surface area (Å²) in [5.74, 6) is 0. The molecular weight excluding hydrogens is 288 g/mol. The first-order chi connectivity index (χ1) is 10.3. The smallest absolute Gasteiger partial charge is 0.0642 e. The van der Waals surface area contributed by atoms with E-state index in [0.29, 0.717) is 6.61 Å². The number of nitrogens with zero attached hydrogens (tertiary/aromatic N) is 1. The number of piperidine rings is 1. The van der Waals surface area contributed by atoms with Gasteiger partial charge in [-0.3, -0.25) is 0 Å². The minimum Gasteiger partial charge on any atom is -0.394 e. The Bertz CT molecular complexity index is 442. The quantitative estimate of drug-likeness (QED) is 0.759. The maximum Gasteiger partial charge on any atom is 0.0642 e. The average Bonchev–Trinajstić information content (AvgIpc) is 2.52. The topological polar surface area (TPSA) is 44.7 Å². The summed E-state index contributed by atoms with van der Waals surface area (Å²) in [5, 5.41) is 13.6. The van der Waals surface area contributed by atoms with Crippen LogP contribution in [0.1, 0.15) is 24.8 Å². The SMILES string of the molecule is COCCNCc1ccc(N2CCCCC2CO)c(Cl)c1. The van der Waals surface area contributed by atoms with E-state index >= 15 is 0 Å². The Balaban J connectivity index is 2.01. The molecule has 1 aromatic carbocycles. The number of hydrogen-bond donors (Lipinski definition) is 2. The second-order valence-corrected chi connectivity index (χ2v) is 5.89. The van der Waals surface area contributed by atoms with Crippen LogP contribution in [0.4, 0.5) is 5.69 Å². The summed E-state index contributed by atoms with van der Waals surface area (Å²) in [6.45, 7) is 3.48. The van der Waals surface area contributed by atoms with Crippen LogP contribution in [0.25, 0.3) is 0 Å². The van der Waals surface area contributed by atoms with Gasteiger partial charge in [-0.15, -0.1) is 0 Å². The first-order valence-corrected chi connectivity index (χ1v) is 7.99. The highest BCUT2D eigenvalue weighted by molar-refractivity contribution is 6.33. The molecule has 4 nitrogen and oxygen atoms in total. The van der Waals surface area contributed by atoms with Crippen molar-refractivity contribution in [3.63, 3.8) is 0 Å². The summed E-state index contributed by atoms with van der Waals surface area (Å²) in [5.41, 5.74) is 2.20. The number of aliphatic hydroxyl groups is 1. The Morgan fingerprint density at radius 2 is 2.29 bits per heavy atom. The standard InChI is InChI=1S/C16H25ClN2O2/c1-21-9-7-18-11-13-5-6-16(15(17)10-13)19-8-3-2-4-14(19)12-20/h5-6,10,14,18,20H,2-4,7-9,11-12H2,1H3. The van der Waals surface area contributed by atoms with Gasteiger partial charge in [-0.2, -0.15) is 0 Å². The van der Waals surface area contributed by atoms with Crippen LogP contribution in [0, 0.1) is 0 Å². The molecule has 21 heavy (non-hydrogen) atoms. The normalized spacial score (nSPS) is 19.0. The van der Waals surface area contributed by atoms with Crippen LogP contribution >= 0.6 is 11.6 Å². The predicted molar refractivity (Wildman–Crippen MR) is 87.1 cm³/mol. The van der Waals surface area contributed by atoms with Gasteiger partial charge < -0.3 is 20.1 Å². The lowest BCUT2D eigenvalue weighted by Gasteiger charge is -2.37. The average molecular weight is 313 g/mol. The predicted octanol–water partition coefficient (Wildman–Crippen LogP) is 2.43. The van der Waals surface area contributed by atoms with Crippen molar-refractivity contribution in [3.8, 4) is 0 Å². The van der Waals surface area contributed by atoms with Crippen LogP contribution in [0.2, 0.25) is 5.02 Å². The van der Waals surface area contributed by atoms with E-state index < -0.39 is 0 Å². The summed E-state index contributed by atoms with van der Waals surface area (Å²) in [7, 11) is 1.70. The molecule has 1 heterocycles. The van der Waals surface area contributed by atoms with Crippen LogP contribution in [-0.2, 0) is 11.3 Å². The minimum atomic E-state index is 0.191. The molecule has 0 radical (unpaired) electrons. The summed E-state index contributed by atoms with van der Waals surface area (Å²) >= 11 is 6.45. The molecule has 0 spiro atoms. The fourth-order valence-corrected chi connectivity index (χ4v) is 3.12. The molecule has 1 unspecified atom stereocenters. The van der Waals surface area contributed by atoms with Crippen LogP contribution in [0.3, 0.4) is 0 Å². The number of benzene rings is 1. The molecule has 0 aromatic heterocycles. The number of rotatable bonds is 7. The molecule has 1 fully saturated rings. The van der Waals surface area contributed by atoms with Crippen molar-refractivity contribution >= 4 is 17.3 Å². The van der Waals surface area contributed by atoms with Gasteiger partial charge in [-0.1, -0.05) is 17.7 Å². The molecule has 0 saturated carbocycles. The zero-order chi connectivity index (χ0) is 15.1. The molecule has 118 valence electrons. The van der Waals surface area contributed by atoms with Crippen molar-refractivity contribution in [2.75, 3.05) is 38.3 Å². The number of nitrogens with one attached hydrogen (secondary N) is 1. The zero-order valence-corrected chi connectivity index (χ0v) is 13.4. The molecule has 1 atom stereocenters. The Kier molecular flexibility index (Phi) is 6.77.